The molecule has 0 bridgehead atoms. The van der Waals surface area contributed by atoms with Crippen LogP contribution in [0, 0.1) is 0 Å². The number of esters is 1. The first-order chi connectivity index (χ1) is 7.70. The van der Waals surface area contributed by atoms with Crippen LogP contribution in [0.5, 0.6) is 0 Å². The van der Waals surface area contributed by atoms with E-state index in [0.717, 1.165) is 23.6 Å². The number of carbonyl (C=O) groups is 1. The van der Waals surface area contributed by atoms with E-state index in [1.54, 1.807) is 0 Å². The first kappa shape index (κ1) is 11.4. The van der Waals surface area contributed by atoms with Crippen molar-refractivity contribution < 1.29 is 9.53 Å². The molecule has 1 aliphatic rings. The molecular weight excluding hydrogens is 226 g/mol. The molecule has 1 aromatic carbocycles. The molecule has 86 valence electrons. The molecule has 16 heavy (non-hydrogen) atoms. The zero-order valence-electron chi connectivity index (χ0n) is 9.13. The fourth-order valence-electron chi connectivity index (χ4n) is 2.05. The Morgan fingerprint density at radius 1 is 1.62 bits per heavy atom. The van der Waals surface area contributed by atoms with E-state index in [4.69, 9.17) is 11.6 Å². The lowest BCUT2D eigenvalue weighted by molar-refractivity contribution is -0.141. The van der Waals surface area contributed by atoms with Gasteiger partial charge in [-0.1, -0.05) is 17.7 Å². The van der Waals surface area contributed by atoms with Crippen molar-refractivity contribution in [2.75, 3.05) is 13.7 Å². The molecule has 0 aromatic heterocycles. The Balaban J connectivity index is 2.23. The van der Waals surface area contributed by atoms with Crippen LogP contribution in [0.15, 0.2) is 18.2 Å². The fraction of sp³-hybridized carbons (Fsp3) is 0.417. The predicted octanol–water partition coefficient (Wildman–Crippen LogP) is 2.09. The molecular formula is C12H14ClNO2. The second kappa shape index (κ2) is 4.85. The highest BCUT2D eigenvalue weighted by Crippen LogP contribution is 2.27. The average molecular weight is 240 g/mol. The number of fused-ring (bicyclic) bond motifs is 1. The monoisotopic (exact) mass is 239 g/mol. The third-order valence-corrected chi connectivity index (χ3v) is 3.10. The van der Waals surface area contributed by atoms with Gasteiger partial charge in [0.2, 0.25) is 0 Å². The van der Waals surface area contributed by atoms with Gasteiger partial charge in [-0.05, 0) is 36.2 Å². The van der Waals surface area contributed by atoms with E-state index >= 15 is 0 Å². The first-order valence-corrected chi connectivity index (χ1v) is 5.67. The molecule has 0 fully saturated rings. The SMILES string of the molecule is COC(=O)C[C@@H]1NCCc2cc(Cl)ccc21. The highest BCUT2D eigenvalue weighted by atomic mass is 35.5. The van der Waals surface area contributed by atoms with E-state index < -0.39 is 0 Å². The summed E-state index contributed by atoms with van der Waals surface area (Å²) >= 11 is 5.95. The lowest BCUT2D eigenvalue weighted by Crippen LogP contribution is -2.31. The van der Waals surface area contributed by atoms with Crippen molar-refractivity contribution in [3.05, 3.63) is 34.3 Å². The highest BCUT2D eigenvalue weighted by molar-refractivity contribution is 6.30. The van der Waals surface area contributed by atoms with Crippen molar-refractivity contribution in [1.82, 2.24) is 5.32 Å². The maximum atomic E-state index is 11.3. The van der Waals surface area contributed by atoms with Crippen molar-refractivity contribution in [3.63, 3.8) is 0 Å². The molecule has 4 heteroatoms. The Bertz CT molecular complexity index is 406. The van der Waals surface area contributed by atoms with E-state index in [0.29, 0.717) is 6.42 Å². The maximum absolute atomic E-state index is 11.3. The van der Waals surface area contributed by atoms with Crippen molar-refractivity contribution in [3.8, 4) is 0 Å². The fourth-order valence-corrected chi connectivity index (χ4v) is 2.25. The van der Waals surface area contributed by atoms with Gasteiger partial charge in [-0.25, -0.2) is 0 Å². The molecule has 0 radical (unpaired) electrons. The molecule has 1 aliphatic heterocycles. The van der Waals surface area contributed by atoms with Crippen molar-refractivity contribution >= 4 is 17.6 Å². The van der Waals surface area contributed by atoms with Crippen molar-refractivity contribution in [2.24, 2.45) is 0 Å². The topological polar surface area (TPSA) is 38.3 Å². The summed E-state index contributed by atoms with van der Waals surface area (Å²) in [6, 6.07) is 5.87. The van der Waals surface area contributed by atoms with Crippen LogP contribution >= 0.6 is 11.6 Å². The van der Waals surface area contributed by atoms with Crippen LogP contribution in [0.1, 0.15) is 23.6 Å². The largest absolute Gasteiger partial charge is 0.469 e. The van der Waals surface area contributed by atoms with Gasteiger partial charge in [0, 0.05) is 11.1 Å². The summed E-state index contributed by atoms with van der Waals surface area (Å²) in [5.41, 5.74) is 2.38. The Kier molecular flexibility index (Phi) is 3.46. The maximum Gasteiger partial charge on any atom is 0.307 e. The quantitative estimate of drug-likeness (QED) is 0.804. The number of benzene rings is 1. The molecule has 0 saturated carbocycles. The van der Waals surface area contributed by atoms with E-state index in [1.807, 2.05) is 18.2 Å². The van der Waals surface area contributed by atoms with Gasteiger partial charge in [0.1, 0.15) is 0 Å². The number of nitrogens with one attached hydrogen (secondary N) is 1. The highest BCUT2D eigenvalue weighted by Gasteiger charge is 2.22. The van der Waals surface area contributed by atoms with Gasteiger partial charge < -0.3 is 10.1 Å². The lowest BCUT2D eigenvalue weighted by atomic mass is 9.92. The van der Waals surface area contributed by atoms with Crippen LogP contribution in [0.25, 0.3) is 0 Å². The van der Waals surface area contributed by atoms with Crippen LogP contribution in [0.2, 0.25) is 5.02 Å². The zero-order chi connectivity index (χ0) is 11.5. The normalized spacial score (nSPS) is 19.0. The number of rotatable bonds is 2. The second-order valence-electron chi connectivity index (χ2n) is 3.88. The van der Waals surface area contributed by atoms with Gasteiger partial charge in [0.25, 0.3) is 0 Å². The van der Waals surface area contributed by atoms with Crippen LogP contribution in [0.4, 0.5) is 0 Å². The van der Waals surface area contributed by atoms with Gasteiger partial charge in [0.15, 0.2) is 0 Å². The van der Waals surface area contributed by atoms with Gasteiger partial charge in [-0.15, -0.1) is 0 Å². The summed E-state index contributed by atoms with van der Waals surface area (Å²) in [4.78, 5) is 11.3. The van der Waals surface area contributed by atoms with Crippen molar-refractivity contribution in [2.45, 2.75) is 18.9 Å². The summed E-state index contributed by atoms with van der Waals surface area (Å²) in [5.74, 6) is -0.194. The van der Waals surface area contributed by atoms with E-state index in [2.05, 4.69) is 10.1 Å². The van der Waals surface area contributed by atoms with E-state index in [9.17, 15) is 4.79 Å². The summed E-state index contributed by atoms with van der Waals surface area (Å²) in [7, 11) is 1.41. The van der Waals surface area contributed by atoms with Crippen LogP contribution in [-0.4, -0.2) is 19.6 Å². The van der Waals surface area contributed by atoms with Gasteiger partial charge in [-0.2, -0.15) is 0 Å². The molecule has 2 rings (SSSR count). The van der Waals surface area contributed by atoms with Crippen LogP contribution in [-0.2, 0) is 16.0 Å². The summed E-state index contributed by atoms with van der Waals surface area (Å²) in [5, 5.41) is 4.06. The molecule has 1 aromatic rings. The van der Waals surface area contributed by atoms with Gasteiger partial charge in [-0.3, -0.25) is 4.79 Å². The van der Waals surface area contributed by atoms with Gasteiger partial charge in [0.05, 0.1) is 13.5 Å². The molecule has 0 unspecified atom stereocenters. The second-order valence-corrected chi connectivity index (χ2v) is 4.32. The molecule has 1 N–H and O–H groups in total. The smallest absolute Gasteiger partial charge is 0.307 e. The first-order valence-electron chi connectivity index (χ1n) is 5.29. The number of halogens is 1. The Labute approximate surface area is 99.7 Å². The lowest BCUT2D eigenvalue weighted by Gasteiger charge is -2.26. The third kappa shape index (κ3) is 2.36. The Hall–Kier alpha value is -1.06. The predicted molar refractivity (Wildman–Crippen MR) is 62.5 cm³/mol. The molecule has 0 spiro atoms. The Morgan fingerprint density at radius 2 is 2.44 bits per heavy atom. The minimum Gasteiger partial charge on any atom is -0.469 e. The number of hydrogen-bond acceptors (Lipinski definition) is 3. The minimum absolute atomic E-state index is 0.0495. The van der Waals surface area contributed by atoms with Crippen LogP contribution < -0.4 is 5.32 Å². The summed E-state index contributed by atoms with van der Waals surface area (Å²) in [6.07, 6.45) is 1.32. The zero-order valence-corrected chi connectivity index (χ0v) is 9.88. The molecule has 1 heterocycles. The third-order valence-electron chi connectivity index (χ3n) is 2.86. The molecule has 0 amide bonds. The summed E-state index contributed by atoms with van der Waals surface area (Å²) in [6.45, 7) is 0.870. The van der Waals surface area contributed by atoms with Crippen molar-refractivity contribution in [1.29, 1.82) is 0 Å². The number of methoxy groups -OCH3 is 1. The number of carbonyl (C=O) groups excluding carboxylic acids is 1. The van der Waals surface area contributed by atoms with Gasteiger partial charge >= 0.3 is 5.97 Å². The number of ether oxygens (including phenoxy) is 1. The Morgan fingerprint density at radius 3 is 3.19 bits per heavy atom. The summed E-state index contributed by atoms with van der Waals surface area (Å²) < 4.78 is 4.69. The average Bonchev–Trinajstić information content (AvgIpc) is 2.28. The molecule has 1 atom stereocenters. The van der Waals surface area contributed by atoms with Crippen LogP contribution in [0.3, 0.4) is 0 Å². The number of hydrogen-bond donors (Lipinski definition) is 1. The minimum atomic E-state index is -0.194. The molecule has 3 nitrogen and oxygen atoms in total. The van der Waals surface area contributed by atoms with E-state index in [-0.39, 0.29) is 12.0 Å². The molecule has 0 saturated heterocycles. The van der Waals surface area contributed by atoms with E-state index in [1.165, 1.54) is 12.7 Å². The standard InChI is InChI=1S/C12H14ClNO2/c1-16-12(15)7-11-10-3-2-9(13)6-8(10)4-5-14-11/h2-3,6,11,14H,4-5,7H2,1H3/t11-/m0/s1. The molecule has 0 aliphatic carbocycles.